The van der Waals surface area contributed by atoms with Gasteiger partial charge in [-0.1, -0.05) is 80.6 Å². The second kappa shape index (κ2) is 11.2. The lowest BCUT2D eigenvalue weighted by Crippen LogP contribution is -2.33. The van der Waals surface area contributed by atoms with E-state index >= 15 is 0 Å². The molecule has 1 aromatic heterocycles. The van der Waals surface area contributed by atoms with Gasteiger partial charge < -0.3 is 4.90 Å². The molecule has 0 saturated carbocycles. The number of allylic oxidation sites excluding steroid dienone is 1. The van der Waals surface area contributed by atoms with E-state index in [1.54, 1.807) is 11.0 Å². The summed E-state index contributed by atoms with van der Waals surface area (Å²) in [6, 6.07) is 18.2. The number of hydrogen-bond donors (Lipinski definition) is 0. The first kappa shape index (κ1) is 25.3. The second-order valence-corrected chi connectivity index (χ2v) is 10.1. The minimum absolute atomic E-state index is 0.0730. The van der Waals surface area contributed by atoms with E-state index in [-0.39, 0.29) is 23.5 Å². The van der Waals surface area contributed by atoms with Gasteiger partial charge in [-0.15, -0.1) is 16.8 Å². The van der Waals surface area contributed by atoms with Crippen molar-refractivity contribution in [3.8, 4) is 17.5 Å². The first-order chi connectivity index (χ1) is 16.2. The van der Waals surface area contributed by atoms with Crippen molar-refractivity contribution in [1.29, 1.82) is 5.26 Å². The number of nitriles is 1. The highest BCUT2D eigenvalue weighted by molar-refractivity contribution is 7.99. The molecule has 0 saturated heterocycles. The van der Waals surface area contributed by atoms with Crippen molar-refractivity contribution in [1.82, 2.24) is 14.8 Å². The predicted molar refractivity (Wildman–Crippen MR) is 139 cm³/mol. The van der Waals surface area contributed by atoms with Gasteiger partial charge >= 0.3 is 0 Å². The molecule has 0 aliphatic heterocycles. The topological polar surface area (TPSA) is 74.8 Å². The molecule has 0 aliphatic carbocycles. The molecule has 3 rings (SSSR count). The Morgan fingerprint density at radius 3 is 2.41 bits per heavy atom. The summed E-state index contributed by atoms with van der Waals surface area (Å²) in [6.45, 7) is 13.3. The first-order valence-corrected chi connectivity index (χ1v) is 12.2. The summed E-state index contributed by atoms with van der Waals surface area (Å²) in [7, 11) is 0. The molecule has 0 N–H and O–H groups in total. The van der Waals surface area contributed by atoms with Gasteiger partial charge in [0.2, 0.25) is 5.91 Å². The van der Waals surface area contributed by atoms with Crippen LogP contribution in [-0.2, 0) is 16.8 Å². The molecule has 7 heteroatoms. The van der Waals surface area contributed by atoms with Crippen molar-refractivity contribution in [2.24, 2.45) is 0 Å². The van der Waals surface area contributed by atoms with Crippen molar-refractivity contribution in [3.05, 3.63) is 72.3 Å². The highest BCUT2D eigenvalue weighted by atomic mass is 32.2. The third kappa shape index (κ3) is 6.15. The molecular formula is C27H31N5OS. The van der Waals surface area contributed by atoms with Crippen LogP contribution in [0.15, 0.2) is 66.3 Å². The number of aryl methyl sites for hydroxylation is 1. The van der Waals surface area contributed by atoms with Crippen LogP contribution in [-0.4, -0.2) is 33.0 Å². The maximum absolute atomic E-state index is 13.1. The monoisotopic (exact) mass is 473 g/mol. The summed E-state index contributed by atoms with van der Waals surface area (Å²) in [5.41, 5.74) is 4.20. The minimum atomic E-state index is -0.0756. The third-order valence-electron chi connectivity index (χ3n) is 5.46. The fourth-order valence-electron chi connectivity index (χ4n) is 3.51. The standard InChI is InChI=1S/C27H31N5OS/c1-6-17-32-25(21-10-12-22(13-11-21)27(3,4)5)29-30-26(32)34-19-24(33)31(18-7-16-28)23-14-8-20(2)9-15-23/h6,8-15H,1,7,17-19H2,2-5H3. The van der Waals surface area contributed by atoms with Crippen LogP contribution in [0.3, 0.4) is 0 Å². The maximum atomic E-state index is 13.1. The first-order valence-electron chi connectivity index (χ1n) is 11.3. The van der Waals surface area contributed by atoms with Gasteiger partial charge in [0, 0.05) is 24.3 Å². The van der Waals surface area contributed by atoms with Crippen LogP contribution in [0.1, 0.15) is 38.3 Å². The van der Waals surface area contributed by atoms with Crippen LogP contribution in [0.2, 0.25) is 0 Å². The number of thioether (sulfide) groups is 1. The molecule has 1 amide bonds. The van der Waals surface area contributed by atoms with Crippen LogP contribution in [0.25, 0.3) is 11.4 Å². The SMILES string of the molecule is C=CCn1c(SCC(=O)N(CCC#N)c2ccc(C)cc2)nnc1-c1ccc(C(C)(C)C)cc1. The quantitative estimate of drug-likeness (QED) is 0.291. The number of hydrogen-bond acceptors (Lipinski definition) is 5. The van der Waals surface area contributed by atoms with Gasteiger partial charge in [0.15, 0.2) is 11.0 Å². The Hall–Kier alpha value is -3.37. The van der Waals surface area contributed by atoms with Crippen LogP contribution in [0.5, 0.6) is 0 Å². The zero-order valence-electron chi connectivity index (χ0n) is 20.3. The highest BCUT2D eigenvalue weighted by Gasteiger charge is 2.20. The Bertz CT molecular complexity index is 1170. The smallest absolute Gasteiger partial charge is 0.237 e. The molecule has 0 atom stereocenters. The van der Waals surface area contributed by atoms with Crippen LogP contribution >= 0.6 is 11.8 Å². The highest BCUT2D eigenvalue weighted by Crippen LogP contribution is 2.28. The molecular weight excluding hydrogens is 442 g/mol. The van der Waals surface area contributed by atoms with Gasteiger partial charge in [0.25, 0.3) is 0 Å². The van der Waals surface area contributed by atoms with E-state index < -0.39 is 0 Å². The number of carbonyl (C=O) groups is 1. The summed E-state index contributed by atoms with van der Waals surface area (Å²) >= 11 is 1.35. The minimum Gasteiger partial charge on any atom is -0.311 e. The molecule has 176 valence electrons. The third-order valence-corrected chi connectivity index (χ3v) is 6.41. The van der Waals surface area contributed by atoms with Gasteiger partial charge in [0.1, 0.15) is 0 Å². The maximum Gasteiger partial charge on any atom is 0.237 e. The molecule has 0 unspecified atom stereocenters. The lowest BCUT2D eigenvalue weighted by Gasteiger charge is -2.22. The Morgan fingerprint density at radius 2 is 1.82 bits per heavy atom. The van der Waals surface area contributed by atoms with E-state index in [0.717, 1.165) is 22.6 Å². The molecule has 1 heterocycles. The average Bonchev–Trinajstić information content (AvgIpc) is 3.21. The summed E-state index contributed by atoms with van der Waals surface area (Å²) in [6.07, 6.45) is 2.07. The van der Waals surface area contributed by atoms with Gasteiger partial charge in [-0.3, -0.25) is 9.36 Å². The van der Waals surface area contributed by atoms with Gasteiger partial charge in [-0.05, 0) is 30.0 Å². The Kier molecular flexibility index (Phi) is 8.30. The largest absolute Gasteiger partial charge is 0.311 e. The van der Waals surface area contributed by atoms with E-state index in [1.807, 2.05) is 35.8 Å². The molecule has 3 aromatic rings. The van der Waals surface area contributed by atoms with E-state index in [0.29, 0.717) is 18.2 Å². The van der Waals surface area contributed by atoms with Crippen LogP contribution < -0.4 is 4.90 Å². The fraction of sp³-hybridized carbons (Fsp3) is 0.333. The Morgan fingerprint density at radius 1 is 1.15 bits per heavy atom. The molecule has 0 aliphatic rings. The van der Waals surface area contributed by atoms with Crippen molar-refractivity contribution in [2.45, 2.75) is 51.2 Å². The summed E-state index contributed by atoms with van der Waals surface area (Å²) < 4.78 is 1.97. The van der Waals surface area contributed by atoms with Gasteiger partial charge in [0.05, 0.1) is 18.2 Å². The molecule has 2 aromatic carbocycles. The Labute approximate surface area is 206 Å². The van der Waals surface area contributed by atoms with Gasteiger partial charge in [-0.2, -0.15) is 5.26 Å². The molecule has 0 radical (unpaired) electrons. The van der Waals surface area contributed by atoms with Crippen LogP contribution in [0, 0.1) is 18.3 Å². The summed E-state index contributed by atoms with van der Waals surface area (Å²) in [5, 5.41) is 18.5. The van der Waals surface area contributed by atoms with Crippen molar-refractivity contribution < 1.29 is 4.79 Å². The zero-order chi connectivity index (χ0) is 24.7. The number of rotatable bonds is 9. The summed E-state index contributed by atoms with van der Waals surface area (Å²) in [4.78, 5) is 14.8. The van der Waals surface area contributed by atoms with Crippen molar-refractivity contribution in [2.75, 3.05) is 17.2 Å². The zero-order valence-corrected chi connectivity index (χ0v) is 21.1. The number of anilines is 1. The van der Waals surface area contributed by atoms with E-state index in [9.17, 15) is 4.79 Å². The lowest BCUT2D eigenvalue weighted by molar-refractivity contribution is -0.116. The normalized spacial score (nSPS) is 11.1. The molecule has 0 spiro atoms. The number of aromatic nitrogens is 3. The second-order valence-electron chi connectivity index (χ2n) is 9.11. The van der Waals surface area contributed by atoms with Crippen LogP contribution in [0.4, 0.5) is 5.69 Å². The van der Waals surface area contributed by atoms with Gasteiger partial charge in [-0.25, -0.2) is 0 Å². The predicted octanol–water partition coefficient (Wildman–Crippen LogP) is 5.78. The van der Waals surface area contributed by atoms with E-state index in [1.165, 1.54) is 17.3 Å². The van der Waals surface area contributed by atoms with Crippen molar-refractivity contribution in [3.63, 3.8) is 0 Å². The molecule has 34 heavy (non-hydrogen) atoms. The van der Waals surface area contributed by atoms with E-state index in [2.05, 4.69) is 67.9 Å². The number of nitrogens with zero attached hydrogens (tertiary/aromatic N) is 5. The average molecular weight is 474 g/mol. The van der Waals surface area contributed by atoms with Crippen molar-refractivity contribution >= 4 is 23.4 Å². The lowest BCUT2D eigenvalue weighted by atomic mass is 9.87. The molecule has 6 nitrogen and oxygen atoms in total. The molecule has 0 fully saturated rings. The Balaban J connectivity index is 1.80. The number of benzene rings is 2. The summed E-state index contributed by atoms with van der Waals surface area (Å²) in [5.74, 6) is 0.862. The number of amides is 1. The fourth-order valence-corrected chi connectivity index (χ4v) is 4.33. The molecule has 0 bridgehead atoms. The number of carbonyl (C=O) groups excluding carboxylic acids is 1. The van der Waals surface area contributed by atoms with E-state index in [4.69, 9.17) is 5.26 Å².